The number of aliphatic hydroxyl groups is 1. The molecule has 4 atom stereocenters. The lowest BCUT2D eigenvalue weighted by Gasteiger charge is -2.52. The molecule has 10 nitrogen and oxygen atoms in total. The Balaban J connectivity index is 1.19. The van der Waals surface area contributed by atoms with Crippen molar-refractivity contribution in [2.75, 3.05) is 33.3 Å². The highest BCUT2D eigenvalue weighted by Crippen LogP contribution is 2.36. The van der Waals surface area contributed by atoms with Crippen LogP contribution in [-0.4, -0.2) is 89.0 Å². The molecule has 0 radical (unpaired) electrons. The van der Waals surface area contributed by atoms with E-state index in [9.17, 15) is 19.5 Å². The Morgan fingerprint density at radius 3 is 2.41 bits per heavy atom. The van der Waals surface area contributed by atoms with Gasteiger partial charge in [-0.05, 0) is 80.0 Å². The zero-order valence-corrected chi connectivity index (χ0v) is 26.4. The van der Waals surface area contributed by atoms with Crippen molar-refractivity contribution in [2.45, 2.75) is 75.1 Å². The number of benzene rings is 2. The number of hydrogen-bond donors (Lipinski definition) is 4. The summed E-state index contributed by atoms with van der Waals surface area (Å²) < 4.78 is 11.4. The fourth-order valence-corrected chi connectivity index (χ4v) is 6.92. The first-order valence-corrected chi connectivity index (χ1v) is 16.2. The van der Waals surface area contributed by atoms with E-state index in [0.29, 0.717) is 69.0 Å². The Hall–Kier alpha value is -3.12. The lowest BCUT2D eigenvalue weighted by molar-refractivity contribution is -0.166. The highest BCUT2D eigenvalue weighted by Gasteiger charge is 2.55. The van der Waals surface area contributed by atoms with Crippen molar-refractivity contribution in [1.82, 2.24) is 20.4 Å². The molecule has 3 heterocycles. The van der Waals surface area contributed by atoms with Gasteiger partial charge in [0, 0.05) is 45.4 Å². The first kappa shape index (κ1) is 32.3. The molecule has 238 valence electrons. The molecule has 3 N–H and O–H groups in total. The van der Waals surface area contributed by atoms with Crippen molar-refractivity contribution < 1.29 is 29.0 Å². The highest BCUT2D eigenvalue weighted by molar-refractivity contribution is 7.80. The van der Waals surface area contributed by atoms with Crippen LogP contribution in [0.3, 0.4) is 0 Å². The summed E-state index contributed by atoms with van der Waals surface area (Å²) in [5, 5.41) is 16.8. The molecule has 2 aromatic rings. The van der Waals surface area contributed by atoms with Crippen molar-refractivity contribution in [1.29, 1.82) is 0 Å². The second kappa shape index (κ2) is 14.3. The van der Waals surface area contributed by atoms with E-state index in [1.807, 2.05) is 24.3 Å². The summed E-state index contributed by atoms with van der Waals surface area (Å²) in [4.78, 5) is 43.5. The Morgan fingerprint density at radius 2 is 1.80 bits per heavy atom. The largest absolute Gasteiger partial charge is 0.457 e. The van der Waals surface area contributed by atoms with Gasteiger partial charge in [-0.3, -0.25) is 19.3 Å². The van der Waals surface area contributed by atoms with Crippen LogP contribution in [-0.2, 0) is 20.9 Å². The number of unbranched alkanes of at least 4 members (excludes halogenated alkanes) is 1. The van der Waals surface area contributed by atoms with Crippen LogP contribution in [0.4, 0.5) is 0 Å². The van der Waals surface area contributed by atoms with E-state index in [0.717, 1.165) is 24.9 Å². The second-order valence-electron chi connectivity index (χ2n) is 12.1. The smallest absolute Gasteiger partial charge is 0.251 e. The molecule has 3 saturated heterocycles. The summed E-state index contributed by atoms with van der Waals surface area (Å²) in [6, 6.07) is 13.9. The molecule has 3 amide bonds. The predicted octanol–water partition coefficient (Wildman–Crippen LogP) is 3.34. The number of likely N-dealkylation sites (tertiary alicyclic amines) is 1. The Kier molecular flexibility index (Phi) is 10.5. The Morgan fingerprint density at radius 1 is 1.14 bits per heavy atom. The fourth-order valence-electron chi connectivity index (χ4n) is 6.55. The number of nitrogens with zero attached hydrogens (tertiary/aromatic N) is 2. The summed E-state index contributed by atoms with van der Waals surface area (Å²) in [5.74, 6) is 0.709. The van der Waals surface area contributed by atoms with Gasteiger partial charge in [0.2, 0.25) is 11.8 Å². The van der Waals surface area contributed by atoms with Crippen LogP contribution in [0.2, 0.25) is 0 Å². The van der Waals surface area contributed by atoms with Crippen LogP contribution >= 0.6 is 12.6 Å². The van der Waals surface area contributed by atoms with Gasteiger partial charge >= 0.3 is 0 Å². The quantitative estimate of drug-likeness (QED) is 0.300. The van der Waals surface area contributed by atoms with E-state index in [1.165, 1.54) is 0 Å². The molecule has 0 bridgehead atoms. The number of aliphatic hydroxyl groups excluding tert-OH is 1. The van der Waals surface area contributed by atoms with Crippen LogP contribution in [0.1, 0.15) is 61.4 Å². The summed E-state index contributed by atoms with van der Waals surface area (Å²) in [7, 11) is 1.60. The van der Waals surface area contributed by atoms with Crippen molar-refractivity contribution >= 4 is 30.4 Å². The molecular weight excluding hydrogens is 580 g/mol. The molecule has 3 aliphatic heterocycles. The van der Waals surface area contributed by atoms with Gasteiger partial charge in [0.1, 0.15) is 28.5 Å². The molecule has 0 unspecified atom stereocenters. The van der Waals surface area contributed by atoms with Gasteiger partial charge in [-0.2, -0.15) is 0 Å². The van der Waals surface area contributed by atoms with Gasteiger partial charge in [0.05, 0.1) is 6.10 Å². The molecule has 3 fully saturated rings. The lowest BCUT2D eigenvalue weighted by Crippen LogP contribution is -2.75. The first-order chi connectivity index (χ1) is 21.2. The van der Waals surface area contributed by atoms with Crippen LogP contribution in [0, 0.1) is 5.92 Å². The fraction of sp³-hybridized carbons (Fsp3) is 0.545. The number of amides is 3. The number of carbonyl (C=O) groups excluding carboxylic acids is 3. The third-order valence-electron chi connectivity index (χ3n) is 9.21. The van der Waals surface area contributed by atoms with Crippen molar-refractivity contribution in [2.24, 2.45) is 5.92 Å². The normalized spacial score (nSPS) is 24.5. The minimum absolute atomic E-state index is 0.144. The molecule has 11 heteroatoms. The van der Waals surface area contributed by atoms with Crippen molar-refractivity contribution in [3.8, 4) is 11.5 Å². The van der Waals surface area contributed by atoms with E-state index in [-0.39, 0.29) is 29.1 Å². The average Bonchev–Trinajstić information content (AvgIpc) is 3.04. The van der Waals surface area contributed by atoms with Crippen molar-refractivity contribution in [3.05, 3.63) is 59.7 Å². The number of piperazine rings is 1. The number of piperidine rings is 1. The number of thiol groups is 1. The van der Waals surface area contributed by atoms with Gasteiger partial charge in [-0.1, -0.05) is 25.5 Å². The number of hydrogen-bond acceptors (Lipinski definition) is 8. The molecule has 2 aromatic carbocycles. The SMILES string of the molecule is CCCCN1C(=O)[C@@H]([C@H](O)[C@@H]2CCO[C@H](S)C2)NC(=O)C12CCN(Cc1ccc(Oc3ccc(C(=O)NC)cc3)cc1)CC2. The molecule has 44 heavy (non-hydrogen) atoms. The average molecular weight is 625 g/mol. The third-order valence-corrected chi connectivity index (χ3v) is 9.57. The van der Waals surface area contributed by atoms with Gasteiger partial charge in [-0.15, -0.1) is 12.6 Å². The summed E-state index contributed by atoms with van der Waals surface area (Å²) in [6.07, 6.45) is 2.99. The Bertz CT molecular complexity index is 1300. The maximum absolute atomic E-state index is 13.9. The van der Waals surface area contributed by atoms with E-state index in [1.54, 1.807) is 36.2 Å². The molecular formula is C33H44N4O6S. The molecule has 0 aliphatic carbocycles. The number of ether oxygens (including phenoxy) is 2. The standard InChI is InChI=1S/C33H44N4O6S/c1-3-4-16-37-31(40)28(29(38)24-13-19-42-27(44)20-24)35-32(41)33(37)14-17-36(18-15-33)21-22-5-9-25(10-6-22)43-26-11-7-23(8-12-26)30(39)34-2/h5-12,24,27-29,38,44H,3-4,13-21H2,1-2H3,(H,34,39)(H,35,41)/t24-,27-,28-,29-/m1/s1. The zero-order chi connectivity index (χ0) is 31.3. The summed E-state index contributed by atoms with van der Waals surface area (Å²) in [6.45, 7) is 5.13. The number of nitrogens with one attached hydrogen (secondary N) is 2. The maximum Gasteiger partial charge on any atom is 0.251 e. The lowest BCUT2D eigenvalue weighted by atomic mass is 9.79. The highest BCUT2D eigenvalue weighted by atomic mass is 32.1. The van der Waals surface area contributed by atoms with Crippen LogP contribution < -0.4 is 15.4 Å². The molecule has 0 aromatic heterocycles. The van der Waals surface area contributed by atoms with Crippen LogP contribution in [0.25, 0.3) is 0 Å². The monoisotopic (exact) mass is 624 g/mol. The Labute approximate surface area is 264 Å². The first-order valence-electron chi connectivity index (χ1n) is 15.7. The second-order valence-corrected chi connectivity index (χ2v) is 12.6. The third kappa shape index (κ3) is 7.06. The minimum Gasteiger partial charge on any atom is -0.457 e. The van der Waals surface area contributed by atoms with E-state index < -0.39 is 17.7 Å². The van der Waals surface area contributed by atoms with Gasteiger partial charge in [0.15, 0.2) is 0 Å². The van der Waals surface area contributed by atoms with E-state index in [4.69, 9.17) is 9.47 Å². The van der Waals surface area contributed by atoms with Gasteiger partial charge in [-0.25, -0.2) is 0 Å². The maximum atomic E-state index is 13.9. The molecule has 0 saturated carbocycles. The van der Waals surface area contributed by atoms with Gasteiger partial charge < -0.3 is 30.1 Å². The topological polar surface area (TPSA) is 120 Å². The molecule has 5 rings (SSSR count). The van der Waals surface area contributed by atoms with E-state index >= 15 is 0 Å². The minimum atomic E-state index is -0.972. The zero-order valence-electron chi connectivity index (χ0n) is 25.5. The summed E-state index contributed by atoms with van der Waals surface area (Å²) >= 11 is 4.40. The number of carbonyl (C=O) groups is 3. The van der Waals surface area contributed by atoms with Crippen LogP contribution in [0.15, 0.2) is 48.5 Å². The summed E-state index contributed by atoms with van der Waals surface area (Å²) in [5.41, 5.74) is 0.520. The van der Waals surface area contributed by atoms with Gasteiger partial charge in [0.25, 0.3) is 5.91 Å². The van der Waals surface area contributed by atoms with E-state index in [2.05, 4.69) is 35.1 Å². The van der Waals surface area contributed by atoms with Crippen LogP contribution in [0.5, 0.6) is 11.5 Å². The molecule has 3 aliphatic rings. The number of rotatable bonds is 10. The molecule has 1 spiro atoms. The van der Waals surface area contributed by atoms with Crippen molar-refractivity contribution in [3.63, 3.8) is 0 Å². The predicted molar refractivity (Wildman–Crippen MR) is 170 cm³/mol.